The van der Waals surface area contributed by atoms with Gasteiger partial charge in [-0.15, -0.1) is 0 Å². The number of benzene rings is 1. The first-order chi connectivity index (χ1) is 9.31. The minimum Gasteiger partial charge on any atom is -0.303 e. The SMILES string of the molecule is CN1[C@H]2CC[C@@H]1[C@@H](CCC=O)[C@@H](c1ccccc1)C2. The Bertz CT molecular complexity index is 430. The van der Waals surface area contributed by atoms with E-state index >= 15 is 0 Å². The standard InChI is InChI=1S/C17H23NO/c1-18-14-9-10-17(18)15(8-5-11-19)16(12-14)13-6-3-2-4-7-13/h2-4,6-7,11,14-17H,5,8-10,12H2,1H3/t14-,15-,16+,17+/m0/s1. The lowest BCUT2D eigenvalue weighted by Gasteiger charge is -2.43. The van der Waals surface area contributed by atoms with Crippen LogP contribution in [0.3, 0.4) is 0 Å². The minimum absolute atomic E-state index is 0.648. The molecular weight excluding hydrogens is 234 g/mol. The third-order valence-electron chi connectivity index (χ3n) is 5.28. The van der Waals surface area contributed by atoms with Gasteiger partial charge >= 0.3 is 0 Å². The smallest absolute Gasteiger partial charge is 0.120 e. The zero-order valence-corrected chi connectivity index (χ0v) is 11.7. The van der Waals surface area contributed by atoms with E-state index in [0.717, 1.165) is 18.7 Å². The molecule has 2 saturated heterocycles. The summed E-state index contributed by atoms with van der Waals surface area (Å²) < 4.78 is 0. The Labute approximate surface area is 115 Å². The van der Waals surface area contributed by atoms with Crippen LogP contribution in [0.4, 0.5) is 0 Å². The maximum absolute atomic E-state index is 10.8. The second-order valence-electron chi connectivity index (χ2n) is 6.12. The molecule has 0 spiro atoms. The number of nitrogens with zero attached hydrogens (tertiary/aromatic N) is 1. The van der Waals surface area contributed by atoms with Crippen LogP contribution in [-0.4, -0.2) is 30.3 Å². The van der Waals surface area contributed by atoms with Crippen LogP contribution in [0.25, 0.3) is 0 Å². The summed E-state index contributed by atoms with van der Waals surface area (Å²) in [5, 5.41) is 0. The predicted octanol–water partition coefficient (Wildman–Crippen LogP) is 3.23. The molecular formula is C17H23NO. The summed E-state index contributed by atoms with van der Waals surface area (Å²) in [6.07, 6.45) is 6.76. The van der Waals surface area contributed by atoms with Crippen molar-refractivity contribution in [2.75, 3.05) is 7.05 Å². The summed E-state index contributed by atoms with van der Waals surface area (Å²) in [5.41, 5.74) is 1.48. The Balaban J connectivity index is 1.86. The van der Waals surface area contributed by atoms with Crippen molar-refractivity contribution in [2.24, 2.45) is 5.92 Å². The molecule has 2 aliphatic heterocycles. The molecule has 2 nitrogen and oxygen atoms in total. The van der Waals surface area contributed by atoms with Crippen LogP contribution >= 0.6 is 0 Å². The third-order valence-corrected chi connectivity index (χ3v) is 5.28. The summed E-state index contributed by atoms with van der Waals surface area (Å²) in [4.78, 5) is 13.3. The lowest BCUT2D eigenvalue weighted by atomic mass is 9.74. The zero-order chi connectivity index (χ0) is 13.2. The average Bonchev–Trinajstić information content (AvgIpc) is 2.70. The second kappa shape index (κ2) is 5.46. The molecule has 0 aromatic heterocycles. The van der Waals surface area contributed by atoms with Crippen molar-refractivity contribution in [1.82, 2.24) is 4.90 Å². The molecule has 3 rings (SSSR count). The Morgan fingerprint density at radius 1 is 1.26 bits per heavy atom. The number of hydrogen-bond donors (Lipinski definition) is 0. The predicted molar refractivity (Wildman–Crippen MR) is 77.2 cm³/mol. The molecule has 19 heavy (non-hydrogen) atoms. The van der Waals surface area contributed by atoms with Crippen LogP contribution in [0.2, 0.25) is 0 Å². The average molecular weight is 257 g/mol. The van der Waals surface area contributed by atoms with E-state index in [1.807, 2.05) is 0 Å². The van der Waals surface area contributed by atoms with E-state index in [1.54, 1.807) is 0 Å². The Morgan fingerprint density at radius 2 is 2.05 bits per heavy atom. The fourth-order valence-electron chi connectivity index (χ4n) is 4.32. The number of rotatable bonds is 4. The van der Waals surface area contributed by atoms with Gasteiger partial charge in [-0.2, -0.15) is 0 Å². The van der Waals surface area contributed by atoms with Crippen LogP contribution in [-0.2, 0) is 4.79 Å². The second-order valence-corrected chi connectivity index (χ2v) is 6.12. The van der Waals surface area contributed by atoms with E-state index in [1.165, 1.54) is 24.8 Å². The van der Waals surface area contributed by atoms with E-state index in [4.69, 9.17) is 0 Å². The molecule has 0 amide bonds. The maximum Gasteiger partial charge on any atom is 0.120 e. The van der Waals surface area contributed by atoms with Crippen molar-refractivity contribution < 1.29 is 4.79 Å². The molecule has 0 unspecified atom stereocenters. The van der Waals surface area contributed by atoms with Gasteiger partial charge in [0, 0.05) is 18.5 Å². The summed E-state index contributed by atoms with van der Waals surface area (Å²) in [6, 6.07) is 12.4. The molecule has 0 radical (unpaired) electrons. The molecule has 0 saturated carbocycles. The van der Waals surface area contributed by atoms with Crippen LogP contribution in [0.15, 0.2) is 30.3 Å². The number of carbonyl (C=O) groups is 1. The minimum atomic E-state index is 0.648. The first-order valence-corrected chi connectivity index (χ1v) is 7.51. The van der Waals surface area contributed by atoms with Crippen LogP contribution in [0.1, 0.15) is 43.6 Å². The van der Waals surface area contributed by atoms with E-state index in [9.17, 15) is 4.79 Å². The molecule has 1 aromatic carbocycles. The lowest BCUT2D eigenvalue weighted by Crippen LogP contribution is -2.45. The highest BCUT2D eigenvalue weighted by atomic mass is 16.1. The lowest BCUT2D eigenvalue weighted by molar-refractivity contribution is -0.108. The summed E-state index contributed by atoms with van der Waals surface area (Å²) in [5.74, 6) is 1.30. The van der Waals surface area contributed by atoms with Crippen LogP contribution < -0.4 is 0 Å². The molecule has 102 valence electrons. The molecule has 2 heterocycles. The van der Waals surface area contributed by atoms with Gasteiger partial charge in [-0.25, -0.2) is 0 Å². The maximum atomic E-state index is 10.8. The highest BCUT2D eigenvalue weighted by Gasteiger charge is 2.45. The fraction of sp³-hybridized carbons (Fsp3) is 0.588. The molecule has 4 atom stereocenters. The summed E-state index contributed by atoms with van der Waals surface area (Å²) >= 11 is 0. The van der Waals surface area contributed by atoms with E-state index in [-0.39, 0.29) is 0 Å². The molecule has 2 aliphatic rings. The fourth-order valence-corrected chi connectivity index (χ4v) is 4.32. The van der Waals surface area contributed by atoms with Gasteiger partial charge in [-0.3, -0.25) is 0 Å². The van der Waals surface area contributed by atoms with Crippen molar-refractivity contribution in [1.29, 1.82) is 0 Å². The normalized spacial score (nSPS) is 34.4. The Kier molecular flexibility index (Phi) is 3.69. The third kappa shape index (κ3) is 2.34. The number of piperidine rings is 1. The molecule has 2 fully saturated rings. The van der Waals surface area contributed by atoms with E-state index in [2.05, 4.69) is 42.3 Å². The Hall–Kier alpha value is -1.15. The quantitative estimate of drug-likeness (QED) is 0.772. The van der Waals surface area contributed by atoms with Crippen molar-refractivity contribution in [2.45, 2.75) is 50.1 Å². The van der Waals surface area contributed by atoms with Gasteiger partial charge in [0.1, 0.15) is 6.29 Å². The van der Waals surface area contributed by atoms with Crippen molar-refractivity contribution in [3.63, 3.8) is 0 Å². The number of hydrogen-bond acceptors (Lipinski definition) is 2. The molecule has 0 N–H and O–H groups in total. The monoisotopic (exact) mass is 257 g/mol. The van der Waals surface area contributed by atoms with Gasteiger partial charge in [-0.05, 0) is 50.1 Å². The van der Waals surface area contributed by atoms with Gasteiger partial charge in [0.15, 0.2) is 0 Å². The van der Waals surface area contributed by atoms with Gasteiger partial charge < -0.3 is 9.69 Å². The van der Waals surface area contributed by atoms with Gasteiger partial charge in [0.25, 0.3) is 0 Å². The van der Waals surface area contributed by atoms with Gasteiger partial charge in [0.2, 0.25) is 0 Å². The first kappa shape index (κ1) is 12.9. The zero-order valence-electron chi connectivity index (χ0n) is 11.7. The van der Waals surface area contributed by atoms with Crippen LogP contribution in [0, 0.1) is 5.92 Å². The van der Waals surface area contributed by atoms with E-state index in [0.29, 0.717) is 24.3 Å². The number of carbonyl (C=O) groups excluding carboxylic acids is 1. The molecule has 1 aromatic rings. The van der Waals surface area contributed by atoms with Crippen molar-refractivity contribution >= 4 is 6.29 Å². The Morgan fingerprint density at radius 3 is 2.79 bits per heavy atom. The highest BCUT2D eigenvalue weighted by molar-refractivity contribution is 5.49. The largest absolute Gasteiger partial charge is 0.303 e. The van der Waals surface area contributed by atoms with Gasteiger partial charge in [-0.1, -0.05) is 30.3 Å². The van der Waals surface area contributed by atoms with Crippen molar-refractivity contribution in [3.8, 4) is 0 Å². The number of aldehydes is 1. The highest BCUT2D eigenvalue weighted by Crippen LogP contribution is 2.47. The van der Waals surface area contributed by atoms with Gasteiger partial charge in [0.05, 0.1) is 0 Å². The molecule has 2 heteroatoms. The number of fused-ring (bicyclic) bond motifs is 2. The summed E-state index contributed by atoms with van der Waals surface area (Å²) in [6.45, 7) is 0. The van der Waals surface area contributed by atoms with Crippen molar-refractivity contribution in [3.05, 3.63) is 35.9 Å². The molecule has 2 bridgehead atoms. The first-order valence-electron chi connectivity index (χ1n) is 7.51. The van der Waals surface area contributed by atoms with E-state index < -0.39 is 0 Å². The molecule has 0 aliphatic carbocycles. The summed E-state index contributed by atoms with van der Waals surface area (Å²) in [7, 11) is 2.28. The van der Waals surface area contributed by atoms with Crippen LogP contribution in [0.5, 0.6) is 0 Å². The topological polar surface area (TPSA) is 20.3 Å².